The second-order valence-corrected chi connectivity index (χ2v) is 6.19. The van der Waals surface area contributed by atoms with Crippen molar-refractivity contribution in [2.75, 3.05) is 20.2 Å². The van der Waals surface area contributed by atoms with Crippen LogP contribution in [-0.4, -0.2) is 38.0 Å². The number of hydrogen-bond acceptors (Lipinski definition) is 4. The second-order valence-electron chi connectivity index (χ2n) is 6.19. The van der Waals surface area contributed by atoms with Gasteiger partial charge in [-0.15, -0.1) is 0 Å². The summed E-state index contributed by atoms with van der Waals surface area (Å²) in [5, 5.41) is 5.07. The van der Waals surface area contributed by atoms with Crippen LogP contribution in [0.1, 0.15) is 43.1 Å². The molecule has 0 aliphatic carbocycles. The lowest BCUT2D eigenvalue weighted by Gasteiger charge is -2.19. The van der Waals surface area contributed by atoms with Gasteiger partial charge in [0, 0.05) is 12.1 Å². The van der Waals surface area contributed by atoms with E-state index in [0.29, 0.717) is 5.56 Å². The molecule has 6 heteroatoms. The Morgan fingerprint density at radius 1 is 1.04 bits per heavy atom. The Hall–Kier alpha value is -2.37. The van der Waals surface area contributed by atoms with Gasteiger partial charge in [0.05, 0.1) is 20.1 Å². The van der Waals surface area contributed by atoms with Gasteiger partial charge in [-0.2, -0.15) is 0 Å². The largest absolute Gasteiger partial charge is 0.469 e. The van der Waals surface area contributed by atoms with Gasteiger partial charge in [-0.25, -0.2) is 0 Å². The molecular formula is C17H24N2O4. The summed E-state index contributed by atoms with van der Waals surface area (Å²) in [4.78, 5) is 34.4. The summed E-state index contributed by atoms with van der Waals surface area (Å²) in [6.45, 7) is 6.34. The Morgan fingerprint density at radius 3 is 2.17 bits per heavy atom. The molecule has 0 aromatic heterocycles. The minimum atomic E-state index is -0.395. The molecule has 1 aromatic rings. The molecule has 0 atom stereocenters. The topological polar surface area (TPSA) is 84.5 Å². The third-order valence-electron chi connectivity index (χ3n) is 3.30. The maximum absolute atomic E-state index is 12.0. The van der Waals surface area contributed by atoms with Crippen molar-refractivity contribution in [3.05, 3.63) is 35.4 Å². The molecule has 23 heavy (non-hydrogen) atoms. The van der Waals surface area contributed by atoms with Crippen LogP contribution in [-0.2, 0) is 19.7 Å². The van der Waals surface area contributed by atoms with Crippen LogP contribution in [0.3, 0.4) is 0 Å². The highest BCUT2D eigenvalue weighted by atomic mass is 16.5. The Kier molecular flexibility index (Phi) is 6.75. The van der Waals surface area contributed by atoms with Crippen molar-refractivity contribution in [3.8, 4) is 0 Å². The predicted molar refractivity (Wildman–Crippen MR) is 87.1 cm³/mol. The van der Waals surface area contributed by atoms with Gasteiger partial charge in [-0.05, 0) is 23.1 Å². The molecule has 0 fully saturated rings. The smallest absolute Gasteiger partial charge is 0.307 e. The zero-order valence-corrected chi connectivity index (χ0v) is 14.1. The van der Waals surface area contributed by atoms with Crippen LogP contribution >= 0.6 is 0 Å². The summed E-state index contributed by atoms with van der Waals surface area (Å²) in [5.74, 6) is -1.06. The van der Waals surface area contributed by atoms with Crippen LogP contribution < -0.4 is 10.6 Å². The number of esters is 1. The van der Waals surface area contributed by atoms with E-state index in [0.717, 1.165) is 5.56 Å². The first kappa shape index (κ1) is 18.7. The molecule has 0 bridgehead atoms. The number of rotatable bonds is 6. The molecule has 6 nitrogen and oxygen atoms in total. The molecule has 0 spiro atoms. The summed E-state index contributed by atoms with van der Waals surface area (Å²) < 4.78 is 4.46. The fourth-order valence-corrected chi connectivity index (χ4v) is 1.85. The number of amides is 2. The van der Waals surface area contributed by atoms with Gasteiger partial charge in [0.25, 0.3) is 5.91 Å². The second kappa shape index (κ2) is 8.31. The maximum Gasteiger partial charge on any atom is 0.307 e. The fraction of sp³-hybridized carbons (Fsp3) is 0.471. The van der Waals surface area contributed by atoms with Crippen LogP contribution in [0, 0.1) is 0 Å². The number of hydrogen-bond donors (Lipinski definition) is 2. The van der Waals surface area contributed by atoms with Crippen molar-refractivity contribution in [1.29, 1.82) is 0 Å². The zero-order valence-electron chi connectivity index (χ0n) is 14.1. The van der Waals surface area contributed by atoms with Crippen LogP contribution in [0.15, 0.2) is 24.3 Å². The van der Waals surface area contributed by atoms with Gasteiger partial charge < -0.3 is 15.4 Å². The van der Waals surface area contributed by atoms with E-state index in [-0.39, 0.29) is 36.7 Å². The maximum atomic E-state index is 12.0. The van der Waals surface area contributed by atoms with E-state index in [1.165, 1.54) is 7.11 Å². The Bertz CT molecular complexity index is 559. The first-order chi connectivity index (χ1) is 10.7. The van der Waals surface area contributed by atoms with Crippen LogP contribution in [0.4, 0.5) is 0 Å². The molecule has 2 N–H and O–H groups in total. The van der Waals surface area contributed by atoms with Crippen molar-refractivity contribution in [2.45, 2.75) is 32.6 Å². The van der Waals surface area contributed by atoms with Crippen LogP contribution in [0.25, 0.3) is 0 Å². The van der Waals surface area contributed by atoms with E-state index < -0.39 is 5.97 Å². The van der Waals surface area contributed by atoms with E-state index in [4.69, 9.17) is 0 Å². The molecule has 0 saturated carbocycles. The Balaban J connectivity index is 2.41. The van der Waals surface area contributed by atoms with E-state index >= 15 is 0 Å². The first-order valence-electron chi connectivity index (χ1n) is 7.46. The number of carbonyl (C=O) groups is 3. The quantitative estimate of drug-likeness (QED) is 0.776. The van der Waals surface area contributed by atoms with Crippen molar-refractivity contribution in [2.24, 2.45) is 0 Å². The van der Waals surface area contributed by atoms with E-state index in [2.05, 4.69) is 36.1 Å². The van der Waals surface area contributed by atoms with Gasteiger partial charge >= 0.3 is 5.97 Å². The zero-order chi connectivity index (χ0) is 17.5. The number of benzene rings is 1. The standard InChI is InChI=1S/C17H24N2O4/c1-17(2,3)13-7-5-12(6-8-13)16(22)19-11-14(20)18-10-9-15(21)23-4/h5-8H,9-11H2,1-4H3,(H,18,20)(H,19,22). The lowest BCUT2D eigenvalue weighted by Crippen LogP contribution is -2.37. The average molecular weight is 320 g/mol. The molecule has 0 saturated heterocycles. The van der Waals surface area contributed by atoms with E-state index in [1.54, 1.807) is 12.1 Å². The third kappa shape index (κ3) is 6.50. The Labute approximate surface area is 136 Å². The molecule has 1 rings (SSSR count). The number of nitrogens with one attached hydrogen (secondary N) is 2. The van der Waals surface area contributed by atoms with Crippen molar-refractivity contribution in [1.82, 2.24) is 10.6 Å². The van der Waals surface area contributed by atoms with E-state index in [9.17, 15) is 14.4 Å². The average Bonchev–Trinajstić information content (AvgIpc) is 2.51. The Morgan fingerprint density at radius 2 is 1.65 bits per heavy atom. The molecule has 0 aliphatic heterocycles. The predicted octanol–water partition coefficient (Wildman–Crippen LogP) is 1.39. The fourth-order valence-electron chi connectivity index (χ4n) is 1.85. The minimum absolute atomic E-state index is 0.0224. The first-order valence-corrected chi connectivity index (χ1v) is 7.46. The van der Waals surface area contributed by atoms with Gasteiger partial charge in [-0.3, -0.25) is 14.4 Å². The van der Waals surface area contributed by atoms with Gasteiger partial charge in [-0.1, -0.05) is 32.9 Å². The highest BCUT2D eigenvalue weighted by Gasteiger charge is 2.14. The van der Waals surface area contributed by atoms with Crippen LogP contribution in [0.2, 0.25) is 0 Å². The summed E-state index contributed by atoms with van der Waals surface area (Å²) in [7, 11) is 1.29. The molecular weight excluding hydrogens is 296 g/mol. The van der Waals surface area contributed by atoms with Crippen molar-refractivity contribution >= 4 is 17.8 Å². The molecule has 0 unspecified atom stereocenters. The van der Waals surface area contributed by atoms with Gasteiger partial charge in [0.1, 0.15) is 0 Å². The van der Waals surface area contributed by atoms with E-state index in [1.807, 2.05) is 12.1 Å². The minimum Gasteiger partial charge on any atom is -0.469 e. The van der Waals surface area contributed by atoms with Crippen LogP contribution in [0.5, 0.6) is 0 Å². The molecule has 0 radical (unpaired) electrons. The monoisotopic (exact) mass is 320 g/mol. The number of ether oxygens (including phenoxy) is 1. The molecule has 2 amide bonds. The molecule has 126 valence electrons. The summed E-state index contributed by atoms with van der Waals surface area (Å²) >= 11 is 0. The van der Waals surface area contributed by atoms with Gasteiger partial charge in [0.2, 0.25) is 5.91 Å². The lowest BCUT2D eigenvalue weighted by atomic mass is 9.87. The summed E-state index contributed by atoms with van der Waals surface area (Å²) in [5.41, 5.74) is 1.66. The molecule has 0 aliphatic rings. The van der Waals surface area contributed by atoms with Crippen molar-refractivity contribution in [3.63, 3.8) is 0 Å². The SMILES string of the molecule is COC(=O)CCNC(=O)CNC(=O)c1ccc(C(C)(C)C)cc1. The van der Waals surface area contributed by atoms with Gasteiger partial charge in [0.15, 0.2) is 0 Å². The number of methoxy groups -OCH3 is 1. The normalized spacial score (nSPS) is 10.8. The molecule has 0 heterocycles. The lowest BCUT2D eigenvalue weighted by molar-refractivity contribution is -0.140. The highest BCUT2D eigenvalue weighted by molar-refractivity contribution is 5.96. The highest BCUT2D eigenvalue weighted by Crippen LogP contribution is 2.22. The number of carbonyl (C=O) groups excluding carboxylic acids is 3. The van der Waals surface area contributed by atoms with Crippen molar-refractivity contribution < 1.29 is 19.1 Å². The summed E-state index contributed by atoms with van der Waals surface area (Å²) in [6.07, 6.45) is 0.102. The third-order valence-corrected chi connectivity index (χ3v) is 3.30. The molecule has 1 aromatic carbocycles. The summed E-state index contributed by atoms with van der Waals surface area (Å²) in [6, 6.07) is 7.30.